The van der Waals surface area contributed by atoms with Crippen LogP contribution in [-0.4, -0.2) is 30.7 Å². The second kappa shape index (κ2) is 8.18. The van der Waals surface area contributed by atoms with Gasteiger partial charge in [0.05, 0.1) is 13.2 Å². The average Bonchev–Trinajstić information content (AvgIpc) is 2.33. The van der Waals surface area contributed by atoms with Crippen LogP contribution in [0.15, 0.2) is 0 Å². The van der Waals surface area contributed by atoms with Gasteiger partial charge in [-0.3, -0.25) is 9.05 Å². The van der Waals surface area contributed by atoms with Gasteiger partial charge in [0.1, 0.15) is 0 Å². The van der Waals surface area contributed by atoms with Crippen LogP contribution < -0.4 is 0 Å². The highest BCUT2D eigenvalue weighted by Crippen LogP contribution is 2.68. The third kappa shape index (κ3) is 6.83. The summed E-state index contributed by atoms with van der Waals surface area (Å²) in [6, 6.07) is 0. The second-order valence-corrected chi connectivity index (χ2v) is 11.2. The van der Waals surface area contributed by atoms with Crippen LogP contribution in [0.25, 0.3) is 0 Å². The van der Waals surface area contributed by atoms with Gasteiger partial charge in [0, 0.05) is 28.2 Å². The predicted molar refractivity (Wildman–Crippen MR) is 78.9 cm³/mol. The Kier molecular flexibility index (Phi) is 7.66. The van der Waals surface area contributed by atoms with E-state index in [0.29, 0.717) is 13.2 Å². The van der Waals surface area contributed by atoms with Gasteiger partial charge in [-0.2, -0.15) is 0 Å². The molecule has 7 heteroatoms. The van der Waals surface area contributed by atoms with Gasteiger partial charge in [-0.05, 0) is 12.8 Å². The van der Waals surface area contributed by atoms with E-state index in [9.17, 15) is 4.57 Å². The lowest BCUT2D eigenvalue weighted by molar-refractivity contribution is 0.0502. The molecule has 0 atom stereocenters. The fourth-order valence-electron chi connectivity index (χ4n) is 1.36. The SMILES string of the molecule is CC1(C)COP(=O)(SSCCCCCCO)OC1. The standard InChI is InChI=1S/C11H23O4PS2/c1-11(2)9-14-16(13,15-10-11)18-17-8-6-4-3-5-7-12/h12H,3-10H2,1-2H3. The lowest BCUT2D eigenvalue weighted by Crippen LogP contribution is -2.28. The van der Waals surface area contributed by atoms with Gasteiger partial charge >= 0.3 is 6.80 Å². The normalized spacial score (nSPS) is 21.9. The van der Waals surface area contributed by atoms with E-state index >= 15 is 0 Å². The highest BCUT2D eigenvalue weighted by atomic mass is 33.3. The van der Waals surface area contributed by atoms with Gasteiger partial charge < -0.3 is 5.11 Å². The molecule has 1 aliphatic heterocycles. The molecule has 0 spiro atoms. The van der Waals surface area contributed by atoms with Crippen molar-refractivity contribution in [2.45, 2.75) is 39.5 Å². The Labute approximate surface area is 117 Å². The Morgan fingerprint density at radius 2 is 1.78 bits per heavy atom. The first-order valence-electron chi connectivity index (χ1n) is 6.29. The molecule has 0 radical (unpaired) electrons. The summed E-state index contributed by atoms with van der Waals surface area (Å²) >= 11 is 0. The monoisotopic (exact) mass is 314 g/mol. The molecule has 4 nitrogen and oxygen atoms in total. The van der Waals surface area contributed by atoms with E-state index < -0.39 is 6.80 Å². The number of hydrogen-bond donors (Lipinski definition) is 1. The van der Waals surface area contributed by atoms with Crippen LogP contribution >= 0.6 is 28.0 Å². The smallest absolute Gasteiger partial charge is 0.396 e. The third-order valence-electron chi connectivity index (χ3n) is 2.51. The number of unbranched alkanes of at least 4 members (excludes halogenated alkanes) is 3. The highest BCUT2D eigenvalue weighted by Gasteiger charge is 2.37. The van der Waals surface area contributed by atoms with Gasteiger partial charge in [-0.1, -0.05) is 37.5 Å². The summed E-state index contributed by atoms with van der Waals surface area (Å²) in [5, 5.41) is 8.64. The van der Waals surface area contributed by atoms with Crippen LogP contribution in [0.3, 0.4) is 0 Å². The minimum absolute atomic E-state index is 0.0383. The fraction of sp³-hybridized carbons (Fsp3) is 1.00. The molecule has 1 rings (SSSR count). The Morgan fingerprint density at radius 3 is 2.39 bits per heavy atom. The molecule has 0 unspecified atom stereocenters. The van der Waals surface area contributed by atoms with Crippen molar-refractivity contribution in [1.82, 2.24) is 0 Å². The van der Waals surface area contributed by atoms with Crippen molar-refractivity contribution in [3.05, 3.63) is 0 Å². The molecule has 1 heterocycles. The Bertz CT molecular complexity index is 272. The zero-order valence-corrected chi connectivity index (χ0v) is 13.6. The molecule has 18 heavy (non-hydrogen) atoms. The Morgan fingerprint density at radius 1 is 1.17 bits per heavy atom. The predicted octanol–water partition coefficient (Wildman–Crippen LogP) is 4.10. The van der Waals surface area contributed by atoms with Gasteiger partial charge in [-0.15, -0.1) is 0 Å². The minimum Gasteiger partial charge on any atom is -0.396 e. The highest BCUT2D eigenvalue weighted by molar-refractivity contribution is 8.98. The summed E-state index contributed by atoms with van der Waals surface area (Å²) in [7, 11) is 2.80. The molecule has 0 aliphatic carbocycles. The summed E-state index contributed by atoms with van der Waals surface area (Å²) < 4.78 is 22.9. The van der Waals surface area contributed by atoms with Crippen molar-refractivity contribution in [2.75, 3.05) is 25.6 Å². The fourth-order valence-corrected chi connectivity index (χ4v) is 7.21. The molecule has 0 aromatic rings. The third-order valence-corrected chi connectivity index (χ3v) is 8.73. The van der Waals surface area contributed by atoms with Crippen LogP contribution in [0.1, 0.15) is 39.5 Å². The van der Waals surface area contributed by atoms with E-state index in [0.717, 1.165) is 31.4 Å². The zero-order valence-electron chi connectivity index (χ0n) is 11.1. The van der Waals surface area contributed by atoms with Crippen LogP contribution in [0.2, 0.25) is 0 Å². The molecular weight excluding hydrogens is 291 g/mol. The maximum Gasteiger partial charge on any atom is 0.399 e. The van der Waals surface area contributed by atoms with E-state index in [1.54, 1.807) is 10.8 Å². The van der Waals surface area contributed by atoms with E-state index in [1.165, 1.54) is 10.4 Å². The van der Waals surface area contributed by atoms with Crippen molar-refractivity contribution in [3.8, 4) is 0 Å². The molecule has 0 aromatic carbocycles. The summed E-state index contributed by atoms with van der Waals surface area (Å²) in [5.41, 5.74) is -0.0383. The first-order valence-corrected chi connectivity index (χ1v) is 10.8. The second-order valence-electron chi connectivity index (χ2n) is 5.19. The molecular formula is C11H23O4PS2. The van der Waals surface area contributed by atoms with Crippen LogP contribution in [0, 0.1) is 5.41 Å². The van der Waals surface area contributed by atoms with Gasteiger partial charge in [0.15, 0.2) is 0 Å². The van der Waals surface area contributed by atoms with Crippen molar-refractivity contribution < 1.29 is 18.7 Å². The van der Waals surface area contributed by atoms with Crippen LogP contribution in [0.5, 0.6) is 0 Å². The summed E-state index contributed by atoms with van der Waals surface area (Å²) in [6.45, 7) is 2.42. The molecule has 0 amide bonds. The number of hydrogen-bond acceptors (Lipinski definition) is 6. The molecule has 1 saturated heterocycles. The summed E-state index contributed by atoms with van der Waals surface area (Å²) in [6.07, 6.45) is 4.11. The zero-order chi connectivity index (χ0) is 13.5. The van der Waals surface area contributed by atoms with Gasteiger partial charge in [-0.25, -0.2) is 4.57 Å². The molecule has 1 aliphatic rings. The number of rotatable bonds is 8. The first-order chi connectivity index (χ1) is 8.47. The largest absolute Gasteiger partial charge is 0.399 e. The van der Waals surface area contributed by atoms with Gasteiger partial charge in [0.2, 0.25) is 0 Å². The molecule has 0 saturated carbocycles. The quantitative estimate of drug-likeness (QED) is 0.413. The lowest BCUT2D eigenvalue weighted by Gasteiger charge is -2.32. The maximum atomic E-state index is 12.1. The Hall–Kier alpha value is 0.810. The van der Waals surface area contributed by atoms with Crippen LogP contribution in [-0.2, 0) is 13.6 Å². The van der Waals surface area contributed by atoms with Crippen molar-refractivity contribution in [2.24, 2.45) is 5.41 Å². The molecule has 1 N–H and O–H groups in total. The molecule has 0 aromatic heterocycles. The Balaban J connectivity index is 2.07. The summed E-state index contributed by atoms with van der Waals surface area (Å²) in [4.78, 5) is 0. The summed E-state index contributed by atoms with van der Waals surface area (Å²) in [5.74, 6) is 0.941. The van der Waals surface area contributed by atoms with E-state index in [1.807, 2.05) is 13.8 Å². The maximum absolute atomic E-state index is 12.1. The lowest BCUT2D eigenvalue weighted by atomic mass is 9.97. The topological polar surface area (TPSA) is 55.8 Å². The number of aliphatic hydroxyl groups is 1. The molecule has 0 bridgehead atoms. The minimum atomic E-state index is -2.92. The van der Waals surface area contributed by atoms with Crippen LogP contribution in [0.4, 0.5) is 0 Å². The van der Waals surface area contributed by atoms with Crippen molar-refractivity contribution in [1.29, 1.82) is 0 Å². The molecule has 1 fully saturated rings. The molecule has 108 valence electrons. The average molecular weight is 314 g/mol. The van der Waals surface area contributed by atoms with E-state index in [-0.39, 0.29) is 12.0 Å². The first kappa shape index (κ1) is 16.9. The van der Waals surface area contributed by atoms with Crippen molar-refractivity contribution in [3.63, 3.8) is 0 Å². The van der Waals surface area contributed by atoms with Gasteiger partial charge in [0.25, 0.3) is 0 Å². The number of aliphatic hydroxyl groups excluding tert-OH is 1. The van der Waals surface area contributed by atoms with Crippen molar-refractivity contribution >= 4 is 28.0 Å². The van der Waals surface area contributed by atoms with E-state index in [2.05, 4.69) is 0 Å². The van der Waals surface area contributed by atoms with E-state index in [4.69, 9.17) is 14.2 Å².